The van der Waals surface area contributed by atoms with Crippen molar-refractivity contribution in [2.45, 2.75) is 43.4 Å². The molecule has 1 aromatic carbocycles. The Morgan fingerprint density at radius 3 is 1.96 bits per heavy atom. The van der Waals surface area contributed by atoms with Crippen molar-refractivity contribution in [2.75, 3.05) is 13.1 Å². The number of hydrogen-bond donors (Lipinski definition) is 2. The Morgan fingerprint density at radius 1 is 0.840 bits per heavy atom. The number of unbranched alkanes of at least 4 members (excludes halogenated alkanes) is 5. The molecule has 2 N–H and O–H groups in total. The number of halogens is 4. The third kappa shape index (κ3) is 9.55. The highest BCUT2D eigenvalue weighted by Gasteiger charge is 2.09. The third-order valence-electron chi connectivity index (χ3n) is 3.57. The number of rotatable bonds is 11. The number of nitrogens with one attached hydrogen (secondary N) is 2. The number of carbonyl (C=O) groups excluding carboxylic acids is 2. The number of benzene rings is 1. The lowest BCUT2D eigenvalue weighted by Gasteiger charge is -2.07. The largest absolute Gasteiger partial charge is 0.354 e. The van der Waals surface area contributed by atoms with Gasteiger partial charge in [-0.1, -0.05) is 72.1 Å². The van der Waals surface area contributed by atoms with Crippen molar-refractivity contribution in [3.05, 3.63) is 33.8 Å². The monoisotopic (exact) mass is 426 g/mol. The van der Waals surface area contributed by atoms with Crippen LogP contribution in [0.5, 0.6) is 0 Å². The zero-order valence-corrected chi connectivity index (χ0v) is 16.8. The second-order valence-electron chi connectivity index (χ2n) is 5.60. The molecule has 0 saturated carbocycles. The van der Waals surface area contributed by atoms with Crippen LogP contribution in [-0.2, 0) is 4.79 Å². The van der Waals surface area contributed by atoms with E-state index in [1.807, 2.05) is 0 Å². The van der Waals surface area contributed by atoms with Crippen LogP contribution in [0.15, 0.2) is 18.2 Å². The summed E-state index contributed by atoms with van der Waals surface area (Å²) in [6.45, 7) is 1.22. The van der Waals surface area contributed by atoms with Crippen LogP contribution < -0.4 is 10.6 Å². The first kappa shape index (κ1) is 22.4. The molecule has 25 heavy (non-hydrogen) atoms. The quantitative estimate of drug-likeness (QED) is 0.386. The molecule has 0 radical (unpaired) electrons. The van der Waals surface area contributed by atoms with Crippen LogP contribution >= 0.6 is 46.4 Å². The molecular weight excluding hydrogens is 406 g/mol. The minimum absolute atomic E-state index is 0.147. The molecule has 0 aliphatic heterocycles. The van der Waals surface area contributed by atoms with Gasteiger partial charge >= 0.3 is 0 Å². The van der Waals surface area contributed by atoms with Crippen LogP contribution in [0.1, 0.15) is 48.9 Å². The molecule has 0 saturated heterocycles. The van der Waals surface area contributed by atoms with Gasteiger partial charge < -0.3 is 10.6 Å². The summed E-state index contributed by atoms with van der Waals surface area (Å²) in [6, 6.07) is 4.83. The third-order valence-corrected chi connectivity index (χ3v) is 4.70. The molecule has 8 heteroatoms. The van der Waals surface area contributed by atoms with Gasteiger partial charge in [-0.05, 0) is 31.0 Å². The van der Waals surface area contributed by atoms with Gasteiger partial charge in [-0.3, -0.25) is 9.59 Å². The summed E-state index contributed by atoms with van der Waals surface area (Å²) in [5, 5.41) is 6.33. The number of hydrogen-bond acceptors (Lipinski definition) is 2. The summed E-state index contributed by atoms with van der Waals surface area (Å²) in [5.74, 6) is -0.493. The zero-order chi connectivity index (χ0) is 18.7. The van der Waals surface area contributed by atoms with Gasteiger partial charge in [-0.15, -0.1) is 0 Å². The van der Waals surface area contributed by atoms with E-state index in [9.17, 15) is 9.59 Å². The summed E-state index contributed by atoms with van der Waals surface area (Å²) in [5.41, 5.74) is 0.507. The average Bonchev–Trinajstić information content (AvgIpc) is 2.58. The molecule has 0 atom stereocenters. The molecule has 0 heterocycles. The Bertz CT molecular complexity index is 568. The second kappa shape index (κ2) is 12.6. The minimum atomic E-state index is -1.00. The van der Waals surface area contributed by atoms with Crippen LogP contribution in [0.2, 0.25) is 10.0 Å². The molecule has 1 aromatic rings. The summed E-state index contributed by atoms with van der Waals surface area (Å²) in [7, 11) is 0. The van der Waals surface area contributed by atoms with Crippen molar-refractivity contribution in [2.24, 2.45) is 0 Å². The van der Waals surface area contributed by atoms with Crippen LogP contribution in [0, 0.1) is 0 Å². The van der Waals surface area contributed by atoms with Crippen molar-refractivity contribution in [3.8, 4) is 0 Å². The van der Waals surface area contributed by atoms with Gasteiger partial charge in [0.15, 0.2) is 4.84 Å². The summed E-state index contributed by atoms with van der Waals surface area (Å²) >= 11 is 22.6. The maximum Gasteiger partial charge on any atom is 0.253 e. The maximum absolute atomic E-state index is 12.0. The average molecular weight is 428 g/mol. The fourth-order valence-corrected chi connectivity index (χ4v) is 2.64. The Kier molecular flexibility index (Phi) is 11.3. The number of amides is 2. The van der Waals surface area contributed by atoms with Gasteiger partial charge in [-0.25, -0.2) is 0 Å². The smallest absolute Gasteiger partial charge is 0.253 e. The van der Waals surface area contributed by atoms with Gasteiger partial charge in [-0.2, -0.15) is 0 Å². The van der Waals surface area contributed by atoms with Gasteiger partial charge in [0.2, 0.25) is 0 Å². The van der Waals surface area contributed by atoms with Crippen molar-refractivity contribution in [1.82, 2.24) is 10.6 Å². The van der Waals surface area contributed by atoms with Crippen molar-refractivity contribution in [3.63, 3.8) is 0 Å². The van der Waals surface area contributed by atoms with E-state index in [1.165, 1.54) is 0 Å². The summed E-state index contributed by atoms with van der Waals surface area (Å²) < 4.78 is 0. The molecule has 0 aliphatic rings. The molecule has 0 fully saturated rings. The van der Waals surface area contributed by atoms with E-state index in [1.54, 1.807) is 18.2 Å². The van der Waals surface area contributed by atoms with Crippen LogP contribution in [-0.4, -0.2) is 29.7 Å². The molecule has 4 nitrogen and oxygen atoms in total. The second-order valence-corrected chi connectivity index (χ2v) is 7.51. The minimum Gasteiger partial charge on any atom is -0.354 e. The molecule has 0 aliphatic carbocycles. The van der Waals surface area contributed by atoms with E-state index in [2.05, 4.69) is 10.6 Å². The normalized spacial score (nSPS) is 10.8. The predicted molar refractivity (Wildman–Crippen MR) is 105 cm³/mol. The molecule has 2 amide bonds. The maximum atomic E-state index is 12.0. The Labute approximate surface area is 168 Å². The highest BCUT2D eigenvalue weighted by atomic mass is 35.5. The zero-order valence-electron chi connectivity index (χ0n) is 13.8. The van der Waals surface area contributed by atoms with Gasteiger partial charge in [0, 0.05) is 18.7 Å². The van der Waals surface area contributed by atoms with E-state index in [0.717, 1.165) is 38.5 Å². The topological polar surface area (TPSA) is 58.2 Å². The molecule has 0 bridgehead atoms. The fourth-order valence-electron chi connectivity index (χ4n) is 2.19. The SMILES string of the molecule is O=C(NCCCCCCCCNC(=O)C(Cl)Cl)c1ccc(Cl)c(Cl)c1. The lowest BCUT2D eigenvalue weighted by molar-refractivity contribution is -0.119. The summed E-state index contributed by atoms with van der Waals surface area (Å²) in [6.07, 6.45) is 6.07. The van der Waals surface area contributed by atoms with E-state index in [0.29, 0.717) is 28.7 Å². The highest BCUT2D eigenvalue weighted by Crippen LogP contribution is 2.22. The number of alkyl halides is 2. The van der Waals surface area contributed by atoms with E-state index >= 15 is 0 Å². The lowest BCUT2D eigenvalue weighted by Crippen LogP contribution is -2.29. The van der Waals surface area contributed by atoms with Crippen molar-refractivity contribution in [1.29, 1.82) is 0 Å². The first-order valence-electron chi connectivity index (χ1n) is 8.21. The predicted octanol–water partition coefficient (Wildman–Crippen LogP) is 4.98. The Balaban J connectivity index is 2.00. The van der Waals surface area contributed by atoms with Crippen LogP contribution in [0.3, 0.4) is 0 Å². The van der Waals surface area contributed by atoms with Gasteiger partial charge in [0.05, 0.1) is 10.0 Å². The Morgan fingerprint density at radius 2 is 1.40 bits per heavy atom. The van der Waals surface area contributed by atoms with Crippen LogP contribution in [0.25, 0.3) is 0 Å². The van der Waals surface area contributed by atoms with Gasteiger partial charge in [0.25, 0.3) is 11.8 Å². The molecular formula is C17H22Cl4N2O2. The molecule has 0 unspecified atom stereocenters. The number of carbonyl (C=O) groups is 2. The van der Waals surface area contributed by atoms with Crippen LogP contribution in [0.4, 0.5) is 0 Å². The van der Waals surface area contributed by atoms with E-state index in [4.69, 9.17) is 46.4 Å². The van der Waals surface area contributed by atoms with Crippen molar-refractivity contribution < 1.29 is 9.59 Å². The molecule has 140 valence electrons. The van der Waals surface area contributed by atoms with Gasteiger partial charge in [0.1, 0.15) is 0 Å². The molecule has 0 spiro atoms. The lowest BCUT2D eigenvalue weighted by atomic mass is 10.1. The molecule has 1 rings (SSSR count). The molecule has 0 aromatic heterocycles. The first-order valence-corrected chi connectivity index (χ1v) is 9.84. The first-order chi connectivity index (χ1) is 11.9. The van der Waals surface area contributed by atoms with E-state index in [-0.39, 0.29) is 11.8 Å². The standard InChI is InChI=1S/C17H22Cl4N2O2/c18-13-8-7-12(11-14(13)19)16(24)22-9-5-3-1-2-4-6-10-23-17(25)15(20)21/h7-8,11,15H,1-6,9-10H2,(H,22,24)(H,23,25). The van der Waals surface area contributed by atoms with Crippen molar-refractivity contribution >= 4 is 58.2 Å². The summed E-state index contributed by atoms with van der Waals surface area (Å²) in [4.78, 5) is 22.1. The fraction of sp³-hybridized carbons (Fsp3) is 0.529. The highest BCUT2D eigenvalue weighted by molar-refractivity contribution is 6.53. The van der Waals surface area contributed by atoms with E-state index < -0.39 is 4.84 Å². The Hall–Kier alpha value is -0.680.